The zero-order chi connectivity index (χ0) is 15.1. The van der Waals surface area contributed by atoms with E-state index in [0.717, 1.165) is 26.1 Å². The van der Waals surface area contributed by atoms with Gasteiger partial charge in [-0.2, -0.15) is 0 Å². The van der Waals surface area contributed by atoms with Gasteiger partial charge in [-0.05, 0) is 32.0 Å². The number of carbonyl (C=O) groups excluding carboxylic acids is 2. The number of anilines is 1. The van der Waals surface area contributed by atoms with Gasteiger partial charge in [-0.3, -0.25) is 4.79 Å². The Hall–Kier alpha value is -1.79. The van der Waals surface area contributed by atoms with Crippen molar-refractivity contribution in [1.82, 2.24) is 15.5 Å². The third-order valence-corrected chi connectivity index (χ3v) is 3.40. The van der Waals surface area contributed by atoms with Crippen LogP contribution in [0, 0.1) is 0 Å². The maximum Gasteiger partial charge on any atom is 0.319 e. The fourth-order valence-electron chi connectivity index (χ4n) is 2.29. The number of hydrogen-bond acceptors (Lipinski definition) is 3. The van der Waals surface area contributed by atoms with Crippen LogP contribution < -0.4 is 16.0 Å². The lowest BCUT2D eigenvalue weighted by atomic mass is 10.2. The van der Waals surface area contributed by atoms with Gasteiger partial charge in [-0.1, -0.05) is 18.2 Å². The SMILES string of the molecule is CC(NC(=O)Nc1ccccc1)C(=O)N1CCCNCC1.Cl. The summed E-state index contributed by atoms with van der Waals surface area (Å²) in [5.74, 6) is -0.0399. The predicted octanol–water partition coefficient (Wildman–Crippen LogP) is 1.44. The number of rotatable bonds is 3. The highest BCUT2D eigenvalue weighted by atomic mass is 35.5. The number of carbonyl (C=O) groups is 2. The highest BCUT2D eigenvalue weighted by molar-refractivity contribution is 5.93. The lowest BCUT2D eigenvalue weighted by Gasteiger charge is -2.24. The van der Waals surface area contributed by atoms with E-state index in [1.807, 2.05) is 18.2 Å². The van der Waals surface area contributed by atoms with Crippen LogP contribution in [0.4, 0.5) is 10.5 Å². The van der Waals surface area contributed by atoms with Crippen LogP contribution in [0.15, 0.2) is 30.3 Å². The van der Waals surface area contributed by atoms with Crippen LogP contribution in [0.25, 0.3) is 0 Å². The quantitative estimate of drug-likeness (QED) is 0.787. The Morgan fingerprint density at radius 2 is 1.91 bits per heavy atom. The molecular weight excluding hydrogens is 304 g/mol. The van der Waals surface area contributed by atoms with Crippen LogP contribution in [-0.4, -0.2) is 49.1 Å². The molecule has 1 saturated heterocycles. The minimum atomic E-state index is -0.535. The number of nitrogens with one attached hydrogen (secondary N) is 3. The Labute approximate surface area is 137 Å². The van der Waals surface area contributed by atoms with Gasteiger partial charge in [-0.15, -0.1) is 12.4 Å². The topological polar surface area (TPSA) is 73.5 Å². The minimum Gasteiger partial charge on any atom is -0.340 e. The number of amides is 3. The first kappa shape index (κ1) is 18.3. The molecular formula is C15H23ClN4O2. The van der Waals surface area contributed by atoms with Crippen LogP contribution in [0.1, 0.15) is 13.3 Å². The largest absolute Gasteiger partial charge is 0.340 e. The summed E-state index contributed by atoms with van der Waals surface area (Å²) < 4.78 is 0. The Kier molecular flexibility index (Phi) is 7.70. The van der Waals surface area contributed by atoms with E-state index in [1.165, 1.54) is 0 Å². The van der Waals surface area contributed by atoms with Gasteiger partial charge >= 0.3 is 6.03 Å². The monoisotopic (exact) mass is 326 g/mol. The van der Waals surface area contributed by atoms with Gasteiger partial charge in [0.2, 0.25) is 5.91 Å². The summed E-state index contributed by atoms with van der Waals surface area (Å²) in [6.07, 6.45) is 0.939. The minimum absolute atomic E-state index is 0. The molecule has 1 atom stereocenters. The molecule has 1 aromatic rings. The van der Waals surface area contributed by atoms with Crippen molar-refractivity contribution in [3.05, 3.63) is 30.3 Å². The zero-order valence-electron chi connectivity index (χ0n) is 12.7. The van der Waals surface area contributed by atoms with Gasteiger partial charge < -0.3 is 20.9 Å². The predicted molar refractivity (Wildman–Crippen MR) is 89.4 cm³/mol. The van der Waals surface area contributed by atoms with Crippen molar-refractivity contribution in [2.45, 2.75) is 19.4 Å². The molecule has 1 aliphatic rings. The third-order valence-electron chi connectivity index (χ3n) is 3.40. The summed E-state index contributed by atoms with van der Waals surface area (Å²) in [7, 11) is 0. The molecule has 22 heavy (non-hydrogen) atoms. The second kappa shape index (κ2) is 9.27. The van der Waals surface area contributed by atoms with Gasteiger partial charge in [0.1, 0.15) is 6.04 Å². The van der Waals surface area contributed by atoms with Crippen LogP contribution in [0.3, 0.4) is 0 Å². The molecule has 1 aromatic carbocycles. The third kappa shape index (κ3) is 5.54. The molecule has 2 rings (SSSR count). The Balaban J connectivity index is 0.00000242. The summed E-state index contributed by atoms with van der Waals surface area (Å²) in [6, 6.07) is 8.26. The van der Waals surface area contributed by atoms with Crippen molar-refractivity contribution < 1.29 is 9.59 Å². The van der Waals surface area contributed by atoms with E-state index in [-0.39, 0.29) is 24.3 Å². The van der Waals surface area contributed by atoms with Gasteiger partial charge in [0.15, 0.2) is 0 Å². The summed E-state index contributed by atoms with van der Waals surface area (Å²) in [4.78, 5) is 26.0. The molecule has 1 fully saturated rings. The first-order valence-corrected chi connectivity index (χ1v) is 7.29. The Morgan fingerprint density at radius 1 is 1.18 bits per heavy atom. The maximum absolute atomic E-state index is 12.3. The fourth-order valence-corrected chi connectivity index (χ4v) is 2.29. The highest BCUT2D eigenvalue weighted by Gasteiger charge is 2.22. The number of benzene rings is 1. The Bertz CT molecular complexity index is 476. The van der Waals surface area contributed by atoms with Crippen molar-refractivity contribution in [1.29, 1.82) is 0 Å². The van der Waals surface area contributed by atoms with E-state index in [2.05, 4.69) is 16.0 Å². The van der Waals surface area contributed by atoms with E-state index in [0.29, 0.717) is 12.2 Å². The summed E-state index contributed by atoms with van der Waals surface area (Å²) >= 11 is 0. The van der Waals surface area contributed by atoms with Crippen molar-refractivity contribution in [2.24, 2.45) is 0 Å². The number of urea groups is 1. The van der Waals surface area contributed by atoms with Crippen molar-refractivity contribution >= 4 is 30.0 Å². The molecule has 122 valence electrons. The Morgan fingerprint density at radius 3 is 2.64 bits per heavy atom. The molecule has 1 unspecified atom stereocenters. The van der Waals surface area contributed by atoms with Gasteiger partial charge in [0.25, 0.3) is 0 Å². The second-order valence-corrected chi connectivity index (χ2v) is 5.12. The van der Waals surface area contributed by atoms with E-state index in [1.54, 1.807) is 24.0 Å². The molecule has 1 aliphatic heterocycles. The van der Waals surface area contributed by atoms with Crippen molar-refractivity contribution in [3.63, 3.8) is 0 Å². The smallest absolute Gasteiger partial charge is 0.319 e. The number of halogens is 1. The first-order valence-electron chi connectivity index (χ1n) is 7.29. The number of hydrogen-bond donors (Lipinski definition) is 3. The molecule has 0 aliphatic carbocycles. The molecule has 0 radical (unpaired) electrons. The van der Waals surface area contributed by atoms with Gasteiger partial charge in [-0.25, -0.2) is 4.79 Å². The van der Waals surface area contributed by atoms with E-state index < -0.39 is 6.04 Å². The van der Waals surface area contributed by atoms with Gasteiger partial charge in [0, 0.05) is 25.3 Å². The molecule has 0 aromatic heterocycles. The standard InChI is InChI=1S/C15H22N4O2.ClH/c1-12(14(20)19-10-5-8-16-9-11-19)17-15(21)18-13-6-3-2-4-7-13;/h2-4,6-7,12,16H,5,8-11H2,1H3,(H2,17,18,21);1H. The lowest BCUT2D eigenvalue weighted by Crippen LogP contribution is -2.49. The van der Waals surface area contributed by atoms with Crippen LogP contribution in [-0.2, 0) is 4.79 Å². The molecule has 0 bridgehead atoms. The lowest BCUT2D eigenvalue weighted by molar-refractivity contribution is -0.132. The number of para-hydroxylation sites is 1. The summed E-state index contributed by atoms with van der Waals surface area (Å²) in [5.41, 5.74) is 0.702. The molecule has 3 N–H and O–H groups in total. The van der Waals surface area contributed by atoms with Crippen LogP contribution >= 0.6 is 12.4 Å². The average molecular weight is 327 g/mol. The molecule has 1 heterocycles. The molecule has 0 spiro atoms. The normalized spacial score (nSPS) is 16.0. The molecule has 0 saturated carbocycles. The van der Waals surface area contributed by atoms with E-state index in [9.17, 15) is 9.59 Å². The van der Waals surface area contributed by atoms with E-state index >= 15 is 0 Å². The molecule has 7 heteroatoms. The first-order chi connectivity index (χ1) is 10.2. The van der Waals surface area contributed by atoms with Crippen LogP contribution in [0.5, 0.6) is 0 Å². The number of nitrogens with zero attached hydrogens (tertiary/aromatic N) is 1. The van der Waals surface area contributed by atoms with Crippen molar-refractivity contribution in [3.8, 4) is 0 Å². The van der Waals surface area contributed by atoms with Crippen LogP contribution in [0.2, 0.25) is 0 Å². The summed E-state index contributed by atoms with van der Waals surface area (Å²) in [5, 5.41) is 8.64. The van der Waals surface area contributed by atoms with E-state index in [4.69, 9.17) is 0 Å². The molecule has 3 amide bonds. The zero-order valence-corrected chi connectivity index (χ0v) is 13.5. The fraction of sp³-hybridized carbons (Fsp3) is 0.467. The van der Waals surface area contributed by atoms with Crippen molar-refractivity contribution in [2.75, 3.05) is 31.5 Å². The summed E-state index contributed by atoms with van der Waals surface area (Å²) in [6.45, 7) is 4.86. The molecule has 6 nitrogen and oxygen atoms in total. The average Bonchev–Trinajstić information content (AvgIpc) is 2.76. The van der Waals surface area contributed by atoms with Gasteiger partial charge in [0.05, 0.1) is 0 Å². The maximum atomic E-state index is 12.3. The second-order valence-electron chi connectivity index (χ2n) is 5.12. The highest BCUT2D eigenvalue weighted by Crippen LogP contribution is 2.05.